The summed E-state index contributed by atoms with van der Waals surface area (Å²) in [5, 5.41) is 6.80. The normalized spacial score (nSPS) is 16.1. The highest BCUT2D eigenvalue weighted by molar-refractivity contribution is 14.0. The first-order valence-electron chi connectivity index (χ1n) is 10.4. The van der Waals surface area contributed by atoms with Gasteiger partial charge in [0.2, 0.25) is 0 Å². The number of unbranched alkanes of at least 4 members (excludes halogenated alkanes) is 1. The number of ether oxygens (including phenoxy) is 3. The Bertz CT molecular complexity index is 609. The molecule has 0 unspecified atom stereocenters. The van der Waals surface area contributed by atoms with E-state index in [0.717, 1.165) is 81.1 Å². The van der Waals surface area contributed by atoms with E-state index in [4.69, 9.17) is 19.2 Å². The predicted molar refractivity (Wildman–Crippen MR) is 124 cm³/mol. The van der Waals surface area contributed by atoms with Gasteiger partial charge in [-0.2, -0.15) is 0 Å². The fourth-order valence-electron chi connectivity index (χ4n) is 2.79. The lowest BCUT2D eigenvalue weighted by Crippen LogP contribution is -2.32. The van der Waals surface area contributed by atoms with Gasteiger partial charge in [-0.15, -0.1) is 24.0 Å². The molecule has 1 fully saturated rings. The van der Waals surface area contributed by atoms with Crippen molar-refractivity contribution < 1.29 is 14.2 Å². The van der Waals surface area contributed by atoms with Crippen LogP contribution >= 0.6 is 24.0 Å². The average molecular weight is 503 g/mol. The largest absolute Gasteiger partial charge is 0.490 e. The zero-order valence-corrected chi connectivity index (χ0v) is 19.2. The monoisotopic (exact) mass is 503 g/mol. The van der Waals surface area contributed by atoms with Crippen molar-refractivity contribution in [3.05, 3.63) is 18.2 Å². The van der Waals surface area contributed by atoms with E-state index in [1.165, 1.54) is 12.8 Å². The lowest BCUT2D eigenvalue weighted by atomic mass is 10.2. The number of hydrogen-bond acceptors (Lipinski definition) is 4. The Labute approximate surface area is 185 Å². The molecule has 2 aliphatic rings. The molecule has 0 aromatic heterocycles. The molecule has 28 heavy (non-hydrogen) atoms. The minimum Gasteiger partial charge on any atom is -0.490 e. The molecule has 1 aliphatic carbocycles. The second kappa shape index (κ2) is 13.1. The van der Waals surface area contributed by atoms with Crippen molar-refractivity contribution in [3.8, 4) is 11.5 Å². The van der Waals surface area contributed by atoms with Gasteiger partial charge in [0.25, 0.3) is 0 Å². The van der Waals surface area contributed by atoms with Crippen molar-refractivity contribution in [3.63, 3.8) is 0 Å². The van der Waals surface area contributed by atoms with Crippen LogP contribution in [0.4, 0.5) is 5.69 Å². The van der Waals surface area contributed by atoms with Gasteiger partial charge in [0.1, 0.15) is 0 Å². The first-order valence-corrected chi connectivity index (χ1v) is 10.4. The zero-order chi connectivity index (χ0) is 18.7. The minimum absolute atomic E-state index is 0. The summed E-state index contributed by atoms with van der Waals surface area (Å²) in [4.78, 5) is 4.70. The molecule has 1 heterocycles. The van der Waals surface area contributed by atoms with E-state index in [1.807, 2.05) is 18.2 Å². The van der Waals surface area contributed by atoms with Crippen molar-refractivity contribution in [2.45, 2.75) is 45.4 Å². The van der Waals surface area contributed by atoms with Gasteiger partial charge in [-0.1, -0.05) is 13.3 Å². The molecular weight excluding hydrogens is 469 g/mol. The highest BCUT2D eigenvalue weighted by Crippen LogP contribution is 2.32. The zero-order valence-electron chi connectivity index (χ0n) is 16.9. The van der Waals surface area contributed by atoms with Crippen LogP contribution in [0.5, 0.6) is 11.5 Å². The maximum atomic E-state index is 5.78. The number of nitrogens with one attached hydrogen (secondary N) is 2. The number of aliphatic imine (C=N–C) groups is 1. The second-order valence-electron chi connectivity index (χ2n) is 7.22. The standard InChI is InChI=1S/C21H33N3O3.HI/c1-2-3-10-22-21(23-11-4-12-25-16-17-6-7-17)24-18-8-9-19-20(15-18)27-14-5-13-26-19;/h8-9,15,17H,2-7,10-14,16H2,1H3,(H2,22,23,24);1H. The number of anilines is 1. The number of guanidine groups is 1. The summed E-state index contributed by atoms with van der Waals surface area (Å²) in [6.45, 7) is 6.93. The van der Waals surface area contributed by atoms with Crippen molar-refractivity contribution >= 4 is 35.6 Å². The molecule has 2 N–H and O–H groups in total. The number of nitrogens with zero attached hydrogens (tertiary/aromatic N) is 1. The van der Waals surface area contributed by atoms with Gasteiger partial charge in [-0.05, 0) is 43.7 Å². The SMILES string of the molecule is CCCCNC(=NCCCOCC1CC1)Nc1ccc2c(c1)OCCCO2.I. The molecule has 7 heteroatoms. The maximum absolute atomic E-state index is 5.78. The lowest BCUT2D eigenvalue weighted by molar-refractivity contribution is 0.123. The third kappa shape index (κ3) is 8.43. The molecule has 0 spiro atoms. The molecular formula is C21H34IN3O3. The van der Waals surface area contributed by atoms with Crippen molar-refractivity contribution in [1.82, 2.24) is 5.32 Å². The van der Waals surface area contributed by atoms with Crippen LogP contribution < -0.4 is 20.1 Å². The summed E-state index contributed by atoms with van der Waals surface area (Å²) >= 11 is 0. The lowest BCUT2D eigenvalue weighted by Gasteiger charge is -2.14. The molecule has 1 aromatic rings. The van der Waals surface area contributed by atoms with E-state index in [-0.39, 0.29) is 24.0 Å². The Morgan fingerprint density at radius 2 is 2.00 bits per heavy atom. The summed E-state index contributed by atoms with van der Waals surface area (Å²) in [5.74, 6) is 3.23. The van der Waals surface area contributed by atoms with Gasteiger partial charge in [-0.3, -0.25) is 4.99 Å². The van der Waals surface area contributed by atoms with Gasteiger partial charge >= 0.3 is 0 Å². The Kier molecular flexibility index (Phi) is 10.8. The van der Waals surface area contributed by atoms with Crippen LogP contribution in [0, 0.1) is 5.92 Å². The Balaban J connectivity index is 0.00000280. The van der Waals surface area contributed by atoms with E-state index in [9.17, 15) is 0 Å². The molecule has 0 bridgehead atoms. The van der Waals surface area contributed by atoms with Gasteiger partial charge in [-0.25, -0.2) is 0 Å². The summed E-state index contributed by atoms with van der Waals surface area (Å²) < 4.78 is 17.2. The topological polar surface area (TPSA) is 64.1 Å². The van der Waals surface area contributed by atoms with Gasteiger partial charge < -0.3 is 24.8 Å². The highest BCUT2D eigenvalue weighted by Gasteiger charge is 2.20. The fourth-order valence-corrected chi connectivity index (χ4v) is 2.79. The first-order chi connectivity index (χ1) is 13.3. The van der Waals surface area contributed by atoms with Crippen LogP contribution in [0.3, 0.4) is 0 Å². The van der Waals surface area contributed by atoms with Crippen LogP contribution in [0.15, 0.2) is 23.2 Å². The molecule has 0 atom stereocenters. The van der Waals surface area contributed by atoms with E-state index >= 15 is 0 Å². The average Bonchev–Trinajstić information content (AvgIpc) is 3.51. The van der Waals surface area contributed by atoms with Crippen LogP contribution in [-0.2, 0) is 4.74 Å². The predicted octanol–water partition coefficient (Wildman–Crippen LogP) is 4.44. The van der Waals surface area contributed by atoms with E-state index in [0.29, 0.717) is 13.2 Å². The smallest absolute Gasteiger partial charge is 0.195 e. The van der Waals surface area contributed by atoms with Crippen molar-refractivity contribution in [2.75, 3.05) is 44.8 Å². The molecule has 0 amide bonds. The molecule has 0 radical (unpaired) electrons. The van der Waals surface area contributed by atoms with Crippen molar-refractivity contribution in [1.29, 1.82) is 0 Å². The molecule has 1 aromatic carbocycles. The number of fused-ring (bicyclic) bond motifs is 1. The van der Waals surface area contributed by atoms with Gasteiger partial charge in [0, 0.05) is 44.5 Å². The summed E-state index contributed by atoms with van der Waals surface area (Å²) in [6, 6.07) is 5.94. The van der Waals surface area contributed by atoms with Crippen LogP contribution in [0.25, 0.3) is 0 Å². The molecule has 3 rings (SSSR count). The number of rotatable bonds is 10. The van der Waals surface area contributed by atoms with Crippen LogP contribution in [-0.4, -0.2) is 45.5 Å². The number of hydrogen-bond donors (Lipinski definition) is 2. The second-order valence-corrected chi connectivity index (χ2v) is 7.22. The summed E-state index contributed by atoms with van der Waals surface area (Å²) in [6.07, 6.45) is 6.79. The molecule has 0 saturated heterocycles. The molecule has 6 nitrogen and oxygen atoms in total. The maximum Gasteiger partial charge on any atom is 0.195 e. The third-order valence-electron chi connectivity index (χ3n) is 4.60. The fraction of sp³-hybridized carbons (Fsp3) is 0.667. The number of halogens is 1. The van der Waals surface area contributed by atoms with E-state index in [2.05, 4.69) is 17.6 Å². The summed E-state index contributed by atoms with van der Waals surface area (Å²) in [7, 11) is 0. The van der Waals surface area contributed by atoms with Gasteiger partial charge in [0.15, 0.2) is 17.5 Å². The molecule has 158 valence electrons. The van der Waals surface area contributed by atoms with E-state index in [1.54, 1.807) is 0 Å². The Hall–Kier alpha value is -1.22. The highest BCUT2D eigenvalue weighted by atomic mass is 127. The minimum atomic E-state index is 0. The molecule has 1 saturated carbocycles. The summed E-state index contributed by atoms with van der Waals surface area (Å²) in [5.41, 5.74) is 0.951. The van der Waals surface area contributed by atoms with Gasteiger partial charge in [0.05, 0.1) is 13.2 Å². The van der Waals surface area contributed by atoms with E-state index < -0.39 is 0 Å². The Morgan fingerprint density at radius 3 is 2.79 bits per heavy atom. The third-order valence-corrected chi connectivity index (χ3v) is 4.60. The quantitative estimate of drug-likeness (QED) is 0.214. The van der Waals surface area contributed by atoms with Crippen LogP contribution in [0.1, 0.15) is 45.4 Å². The first kappa shape index (κ1) is 23.1. The number of benzene rings is 1. The molecule has 1 aliphatic heterocycles. The van der Waals surface area contributed by atoms with Crippen LogP contribution in [0.2, 0.25) is 0 Å². The Morgan fingerprint density at radius 1 is 1.18 bits per heavy atom. The van der Waals surface area contributed by atoms with Crippen molar-refractivity contribution in [2.24, 2.45) is 10.9 Å².